The molecule has 88 valence electrons. The Morgan fingerprint density at radius 2 is 1.88 bits per heavy atom. The van der Waals surface area contributed by atoms with Crippen LogP contribution in [0.2, 0.25) is 0 Å². The minimum Gasteiger partial charge on any atom is -0.475 e. The van der Waals surface area contributed by atoms with Crippen molar-refractivity contribution < 1.29 is 27.6 Å². The first kappa shape index (κ1) is 11.2. The third-order valence-corrected chi connectivity index (χ3v) is 2.02. The first-order chi connectivity index (χ1) is 8.00. The summed E-state index contributed by atoms with van der Waals surface area (Å²) in [5.74, 6) is -5.81. The van der Waals surface area contributed by atoms with Crippen molar-refractivity contribution in [3.05, 3.63) is 41.4 Å². The molecule has 0 aliphatic rings. The first-order valence-corrected chi connectivity index (χ1v) is 4.34. The zero-order chi connectivity index (χ0) is 12.6. The van der Waals surface area contributed by atoms with Gasteiger partial charge in [-0.2, -0.15) is 0 Å². The highest BCUT2D eigenvalue weighted by atomic mass is 19.2. The zero-order valence-electron chi connectivity index (χ0n) is 8.08. The van der Waals surface area contributed by atoms with Crippen LogP contribution in [0.25, 0.3) is 11.3 Å². The summed E-state index contributed by atoms with van der Waals surface area (Å²) in [6.07, 6.45) is 0. The topological polar surface area (TPSA) is 63.3 Å². The molecule has 1 N–H and O–H groups in total. The molecule has 0 fully saturated rings. The summed E-state index contributed by atoms with van der Waals surface area (Å²) in [6.45, 7) is 0. The van der Waals surface area contributed by atoms with E-state index in [-0.39, 0.29) is 0 Å². The second-order valence-corrected chi connectivity index (χ2v) is 3.10. The second-order valence-electron chi connectivity index (χ2n) is 3.10. The average Bonchev–Trinajstić information content (AvgIpc) is 2.73. The van der Waals surface area contributed by atoms with Crippen molar-refractivity contribution in [3.63, 3.8) is 0 Å². The van der Waals surface area contributed by atoms with Crippen LogP contribution in [0, 0.1) is 17.5 Å². The summed E-state index contributed by atoms with van der Waals surface area (Å²) in [6, 6.07) is 2.14. The maximum Gasteiger partial charge on any atom is 0.374 e. The van der Waals surface area contributed by atoms with Gasteiger partial charge in [0.2, 0.25) is 5.76 Å². The minimum atomic E-state index is -1.45. The number of aromatic carboxylic acids is 1. The third-order valence-electron chi connectivity index (χ3n) is 2.02. The highest BCUT2D eigenvalue weighted by Gasteiger charge is 2.20. The molecule has 0 saturated heterocycles. The van der Waals surface area contributed by atoms with E-state index in [1.54, 1.807) is 0 Å². The molecule has 0 aliphatic carbocycles. The van der Waals surface area contributed by atoms with Crippen molar-refractivity contribution >= 4 is 5.97 Å². The molecule has 4 nitrogen and oxygen atoms in total. The standard InChI is InChI=1S/C10H4F3NO3/c11-4-1-2-5(12)9(13)8(4)6-3-7(10(15)16)17-14-6/h1-3H,(H,15,16). The van der Waals surface area contributed by atoms with Gasteiger partial charge in [-0.15, -0.1) is 0 Å². The lowest BCUT2D eigenvalue weighted by Crippen LogP contribution is -1.94. The number of rotatable bonds is 2. The second kappa shape index (κ2) is 3.93. The summed E-state index contributed by atoms with van der Waals surface area (Å²) < 4.78 is 43.8. The Kier molecular flexibility index (Phi) is 2.58. The van der Waals surface area contributed by atoms with Crippen molar-refractivity contribution in [2.45, 2.75) is 0 Å². The smallest absolute Gasteiger partial charge is 0.374 e. The Hall–Kier alpha value is -2.31. The predicted molar refractivity (Wildman–Crippen MR) is 48.8 cm³/mol. The van der Waals surface area contributed by atoms with Crippen LogP contribution in [0.1, 0.15) is 10.6 Å². The van der Waals surface area contributed by atoms with Gasteiger partial charge < -0.3 is 9.63 Å². The van der Waals surface area contributed by atoms with Gasteiger partial charge in [0, 0.05) is 6.07 Å². The van der Waals surface area contributed by atoms with Crippen molar-refractivity contribution in [2.75, 3.05) is 0 Å². The lowest BCUT2D eigenvalue weighted by atomic mass is 10.1. The number of carbonyl (C=O) groups is 1. The van der Waals surface area contributed by atoms with Crippen LogP contribution in [0.5, 0.6) is 0 Å². The van der Waals surface area contributed by atoms with E-state index in [1.165, 1.54) is 0 Å². The Morgan fingerprint density at radius 3 is 2.47 bits per heavy atom. The largest absolute Gasteiger partial charge is 0.475 e. The van der Waals surface area contributed by atoms with Crippen molar-refractivity contribution in [2.24, 2.45) is 0 Å². The molecule has 1 heterocycles. The number of aromatic nitrogens is 1. The van der Waals surface area contributed by atoms with Crippen LogP contribution in [0.4, 0.5) is 13.2 Å². The molecule has 0 aliphatic heterocycles. The van der Waals surface area contributed by atoms with E-state index in [9.17, 15) is 18.0 Å². The molecule has 2 aromatic rings. The maximum atomic E-state index is 13.3. The number of carboxylic acids is 1. The van der Waals surface area contributed by atoms with Gasteiger partial charge in [-0.3, -0.25) is 0 Å². The summed E-state index contributed by atoms with van der Waals surface area (Å²) in [4.78, 5) is 10.5. The number of halogens is 3. The Balaban J connectivity index is 2.60. The summed E-state index contributed by atoms with van der Waals surface area (Å²) in [5, 5.41) is 11.7. The molecule has 1 aromatic carbocycles. The number of hydrogen-bond acceptors (Lipinski definition) is 3. The molecule has 2 rings (SSSR count). The molecule has 0 spiro atoms. The molecule has 17 heavy (non-hydrogen) atoms. The molecule has 0 radical (unpaired) electrons. The fraction of sp³-hybridized carbons (Fsp3) is 0. The van der Waals surface area contributed by atoms with Gasteiger partial charge in [0.1, 0.15) is 11.5 Å². The molecular weight excluding hydrogens is 239 g/mol. The SMILES string of the molecule is O=C(O)c1cc(-c2c(F)ccc(F)c2F)no1. The van der Waals surface area contributed by atoms with Crippen LogP contribution < -0.4 is 0 Å². The van der Waals surface area contributed by atoms with Crippen LogP contribution in [-0.2, 0) is 0 Å². The number of hydrogen-bond donors (Lipinski definition) is 1. The van der Waals surface area contributed by atoms with Crippen molar-refractivity contribution in [1.29, 1.82) is 0 Å². The number of nitrogens with zero attached hydrogens (tertiary/aromatic N) is 1. The fourth-order valence-corrected chi connectivity index (χ4v) is 1.26. The van der Waals surface area contributed by atoms with Gasteiger partial charge in [0.15, 0.2) is 11.6 Å². The molecular formula is C10H4F3NO3. The van der Waals surface area contributed by atoms with E-state index in [0.29, 0.717) is 12.1 Å². The lowest BCUT2D eigenvalue weighted by molar-refractivity contribution is 0.0652. The van der Waals surface area contributed by atoms with Gasteiger partial charge in [0.25, 0.3) is 0 Å². The van der Waals surface area contributed by atoms with Crippen molar-refractivity contribution in [1.82, 2.24) is 5.16 Å². The van der Waals surface area contributed by atoms with Gasteiger partial charge in [0.05, 0.1) is 5.56 Å². The minimum absolute atomic E-state index is 0.420. The number of carboxylic acid groups (broad SMARTS) is 1. The predicted octanol–water partition coefficient (Wildman–Crippen LogP) is 2.46. The van der Waals surface area contributed by atoms with Gasteiger partial charge in [-0.05, 0) is 12.1 Å². The summed E-state index contributed by atoms with van der Waals surface area (Å²) in [7, 11) is 0. The van der Waals surface area contributed by atoms with E-state index in [4.69, 9.17) is 5.11 Å². The quantitative estimate of drug-likeness (QED) is 0.823. The summed E-state index contributed by atoms with van der Waals surface area (Å²) in [5.41, 5.74) is -1.18. The molecule has 0 atom stereocenters. The highest BCUT2D eigenvalue weighted by molar-refractivity contribution is 5.85. The Morgan fingerprint density at radius 1 is 1.24 bits per heavy atom. The fourth-order valence-electron chi connectivity index (χ4n) is 1.26. The molecule has 0 saturated carbocycles. The highest BCUT2D eigenvalue weighted by Crippen LogP contribution is 2.27. The van der Waals surface area contributed by atoms with Gasteiger partial charge in [-0.1, -0.05) is 5.16 Å². The van der Waals surface area contributed by atoms with Gasteiger partial charge in [-0.25, -0.2) is 18.0 Å². The monoisotopic (exact) mass is 243 g/mol. The Bertz CT molecular complexity index is 594. The van der Waals surface area contributed by atoms with Crippen LogP contribution >= 0.6 is 0 Å². The molecule has 1 aromatic heterocycles. The lowest BCUT2D eigenvalue weighted by Gasteiger charge is -2.00. The molecule has 7 heteroatoms. The number of benzene rings is 1. The summed E-state index contributed by atoms with van der Waals surface area (Å²) >= 11 is 0. The average molecular weight is 243 g/mol. The third kappa shape index (κ3) is 1.86. The molecule has 0 bridgehead atoms. The maximum absolute atomic E-state index is 13.3. The van der Waals surface area contributed by atoms with E-state index in [0.717, 1.165) is 6.07 Å². The van der Waals surface area contributed by atoms with E-state index in [2.05, 4.69) is 9.68 Å². The van der Waals surface area contributed by atoms with E-state index in [1.807, 2.05) is 0 Å². The van der Waals surface area contributed by atoms with Crippen LogP contribution in [0.15, 0.2) is 22.7 Å². The van der Waals surface area contributed by atoms with Crippen molar-refractivity contribution in [3.8, 4) is 11.3 Å². The first-order valence-electron chi connectivity index (χ1n) is 4.34. The van der Waals surface area contributed by atoms with Crippen LogP contribution in [0.3, 0.4) is 0 Å². The van der Waals surface area contributed by atoms with Gasteiger partial charge >= 0.3 is 5.97 Å². The Labute approximate surface area is 92.3 Å². The van der Waals surface area contributed by atoms with E-state index < -0.39 is 40.4 Å². The normalized spacial score (nSPS) is 10.5. The van der Waals surface area contributed by atoms with E-state index >= 15 is 0 Å². The molecule has 0 amide bonds. The van der Waals surface area contributed by atoms with Crippen LogP contribution in [-0.4, -0.2) is 16.2 Å². The zero-order valence-corrected chi connectivity index (χ0v) is 8.08. The molecule has 0 unspecified atom stereocenters.